The van der Waals surface area contributed by atoms with E-state index in [0.29, 0.717) is 0 Å². The maximum absolute atomic E-state index is 8.27. The van der Waals surface area contributed by atoms with E-state index in [1.807, 2.05) is 0 Å². The number of hydrogen-bond acceptors (Lipinski definition) is 2. The Morgan fingerprint density at radius 2 is 1.90 bits per heavy atom. The van der Waals surface area contributed by atoms with Gasteiger partial charge in [-0.25, -0.2) is 0 Å². The van der Waals surface area contributed by atoms with Crippen molar-refractivity contribution in [3.8, 4) is 0 Å². The Kier molecular flexibility index (Phi) is 2.55. The largest absolute Gasteiger partial charge is 0.411 e. The van der Waals surface area contributed by atoms with Crippen molar-refractivity contribution in [1.82, 2.24) is 0 Å². The second-order valence-corrected chi connectivity index (χ2v) is 3.59. The van der Waals surface area contributed by atoms with Crippen LogP contribution in [-0.4, -0.2) is 16.3 Å². The minimum Gasteiger partial charge on any atom is -0.411 e. The zero-order chi connectivity index (χ0) is 7.45. The van der Waals surface area contributed by atoms with Crippen LogP contribution >= 0.6 is 11.6 Å². The minimum absolute atomic E-state index is 0.340. The van der Waals surface area contributed by atoms with Gasteiger partial charge in [-0.1, -0.05) is 19.3 Å². The van der Waals surface area contributed by atoms with Crippen LogP contribution in [-0.2, 0) is 0 Å². The van der Waals surface area contributed by atoms with Gasteiger partial charge in [0.05, 0.1) is 11.1 Å². The third-order valence-electron chi connectivity index (χ3n) is 1.97. The fourth-order valence-corrected chi connectivity index (χ4v) is 1.68. The summed E-state index contributed by atoms with van der Waals surface area (Å²) in [4.78, 5) is -0.340. The predicted octanol–water partition coefficient (Wildman–Crippen LogP) is 2.39. The minimum atomic E-state index is -0.340. The quantitative estimate of drug-likeness (QED) is 0.272. The van der Waals surface area contributed by atoms with Crippen LogP contribution in [0.4, 0.5) is 0 Å². The molecule has 0 unspecified atom stereocenters. The molecule has 1 aliphatic rings. The van der Waals surface area contributed by atoms with Crippen molar-refractivity contribution in [2.24, 2.45) is 5.16 Å². The molecule has 0 spiro atoms. The molecule has 2 nitrogen and oxygen atoms in total. The van der Waals surface area contributed by atoms with Gasteiger partial charge in [-0.3, -0.25) is 0 Å². The Morgan fingerprint density at radius 3 is 2.40 bits per heavy atom. The van der Waals surface area contributed by atoms with Crippen LogP contribution in [0.15, 0.2) is 5.16 Å². The molecule has 0 amide bonds. The van der Waals surface area contributed by atoms with Crippen molar-refractivity contribution in [3.05, 3.63) is 0 Å². The van der Waals surface area contributed by atoms with Gasteiger partial charge in [-0.05, 0) is 12.8 Å². The van der Waals surface area contributed by atoms with Gasteiger partial charge < -0.3 is 5.21 Å². The molecule has 0 saturated heterocycles. The molecule has 0 heterocycles. The molecule has 0 aromatic rings. The Hall–Kier alpha value is -0.240. The average Bonchev–Trinajstić information content (AvgIpc) is 1.89. The van der Waals surface area contributed by atoms with E-state index in [-0.39, 0.29) is 4.87 Å². The van der Waals surface area contributed by atoms with Gasteiger partial charge in [-0.15, -0.1) is 16.8 Å². The van der Waals surface area contributed by atoms with E-state index < -0.39 is 0 Å². The van der Waals surface area contributed by atoms with Crippen molar-refractivity contribution in [3.63, 3.8) is 0 Å². The van der Waals surface area contributed by atoms with Crippen LogP contribution in [0.2, 0.25) is 0 Å². The van der Waals surface area contributed by atoms with Crippen LogP contribution in [0.25, 0.3) is 0 Å². The van der Waals surface area contributed by atoms with E-state index >= 15 is 0 Å². The monoisotopic (exact) mass is 161 g/mol. The lowest BCUT2D eigenvalue weighted by molar-refractivity contribution is 0.316. The highest BCUT2D eigenvalue weighted by Crippen LogP contribution is 2.32. The molecule has 0 aliphatic heterocycles. The fourth-order valence-electron chi connectivity index (χ4n) is 1.37. The number of rotatable bonds is 1. The summed E-state index contributed by atoms with van der Waals surface area (Å²) in [7, 11) is 0. The van der Waals surface area contributed by atoms with Gasteiger partial charge in [0.2, 0.25) is 0 Å². The fraction of sp³-hybridized carbons (Fsp3) is 0.857. The van der Waals surface area contributed by atoms with Crippen molar-refractivity contribution in [2.45, 2.75) is 37.0 Å². The Balaban J connectivity index is 2.48. The zero-order valence-electron chi connectivity index (χ0n) is 5.89. The highest BCUT2D eigenvalue weighted by molar-refractivity contribution is 6.32. The lowest BCUT2D eigenvalue weighted by atomic mass is 9.89. The normalized spacial score (nSPS) is 25.3. The average molecular weight is 162 g/mol. The van der Waals surface area contributed by atoms with E-state index in [1.165, 1.54) is 12.6 Å². The number of halogens is 1. The van der Waals surface area contributed by atoms with Gasteiger partial charge in [-0.2, -0.15) is 0 Å². The standard InChI is InChI=1S/C7H12ClNO/c8-7(6-9-10)4-2-1-3-5-7/h6,10H,1-5H2. The van der Waals surface area contributed by atoms with Crippen LogP contribution in [0.1, 0.15) is 32.1 Å². The van der Waals surface area contributed by atoms with Gasteiger partial charge in [0.1, 0.15) is 0 Å². The van der Waals surface area contributed by atoms with Crippen molar-refractivity contribution < 1.29 is 5.21 Å². The first kappa shape index (κ1) is 7.86. The molecule has 3 heteroatoms. The molecule has 1 rings (SSSR count). The summed E-state index contributed by atoms with van der Waals surface area (Å²) in [5.41, 5.74) is 0. The summed E-state index contributed by atoms with van der Waals surface area (Å²) >= 11 is 6.07. The van der Waals surface area contributed by atoms with E-state index in [0.717, 1.165) is 25.7 Å². The van der Waals surface area contributed by atoms with Crippen LogP contribution in [0.3, 0.4) is 0 Å². The van der Waals surface area contributed by atoms with Crippen LogP contribution < -0.4 is 0 Å². The molecule has 1 aliphatic carbocycles. The van der Waals surface area contributed by atoms with E-state index in [2.05, 4.69) is 5.16 Å². The summed E-state index contributed by atoms with van der Waals surface area (Å²) in [6.07, 6.45) is 6.89. The predicted molar refractivity (Wildman–Crippen MR) is 41.9 cm³/mol. The van der Waals surface area contributed by atoms with Crippen molar-refractivity contribution >= 4 is 17.8 Å². The Labute approximate surface area is 65.9 Å². The summed E-state index contributed by atoms with van der Waals surface area (Å²) in [6.45, 7) is 0. The van der Waals surface area contributed by atoms with Gasteiger partial charge in [0.25, 0.3) is 0 Å². The van der Waals surface area contributed by atoms with E-state index in [9.17, 15) is 0 Å². The lowest BCUT2D eigenvalue weighted by Crippen LogP contribution is -2.26. The first-order valence-corrected chi connectivity index (χ1v) is 4.02. The first-order valence-electron chi connectivity index (χ1n) is 3.64. The maximum Gasteiger partial charge on any atom is 0.0829 e. The van der Waals surface area contributed by atoms with Crippen molar-refractivity contribution in [2.75, 3.05) is 0 Å². The molecule has 10 heavy (non-hydrogen) atoms. The molecule has 1 saturated carbocycles. The van der Waals surface area contributed by atoms with Crippen LogP contribution in [0.5, 0.6) is 0 Å². The second-order valence-electron chi connectivity index (χ2n) is 2.84. The number of alkyl halides is 1. The third kappa shape index (κ3) is 1.87. The summed E-state index contributed by atoms with van der Waals surface area (Å²) in [5.74, 6) is 0. The smallest absolute Gasteiger partial charge is 0.0829 e. The molecular formula is C7H12ClNO. The molecule has 58 valence electrons. The Morgan fingerprint density at radius 1 is 1.30 bits per heavy atom. The maximum atomic E-state index is 8.27. The van der Waals surface area contributed by atoms with Gasteiger partial charge in [0.15, 0.2) is 0 Å². The molecule has 0 aromatic carbocycles. The van der Waals surface area contributed by atoms with E-state index in [4.69, 9.17) is 16.8 Å². The molecule has 0 aromatic heterocycles. The van der Waals surface area contributed by atoms with E-state index in [1.54, 1.807) is 0 Å². The number of hydrogen-bond donors (Lipinski definition) is 1. The molecule has 0 radical (unpaired) electrons. The summed E-state index contributed by atoms with van der Waals surface area (Å²) < 4.78 is 0. The third-order valence-corrected chi connectivity index (χ3v) is 2.45. The molecule has 0 bridgehead atoms. The van der Waals surface area contributed by atoms with Gasteiger partial charge >= 0.3 is 0 Å². The molecule has 1 fully saturated rings. The van der Waals surface area contributed by atoms with Crippen LogP contribution in [0, 0.1) is 0 Å². The molecular weight excluding hydrogens is 150 g/mol. The highest BCUT2D eigenvalue weighted by Gasteiger charge is 2.27. The molecule has 0 atom stereocenters. The molecule has 1 N–H and O–H groups in total. The highest BCUT2D eigenvalue weighted by atomic mass is 35.5. The second kappa shape index (κ2) is 3.24. The number of nitrogens with zero attached hydrogens (tertiary/aromatic N) is 1. The summed E-state index contributed by atoms with van der Waals surface area (Å²) in [5, 5.41) is 11.2. The zero-order valence-corrected chi connectivity index (χ0v) is 6.64. The first-order chi connectivity index (χ1) is 4.77. The lowest BCUT2D eigenvalue weighted by Gasteiger charge is -2.25. The SMILES string of the molecule is ON=CC1(Cl)CCCCC1. The van der Waals surface area contributed by atoms with Gasteiger partial charge in [0, 0.05) is 0 Å². The van der Waals surface area contributed by atoms with Crippen molar-refractivity contribution in [1.29, 1.82) is 0 Å². The topological polar surface area (TPSA) is 32.6 Å². The Bertz CT molecular complexity index is 130. The number of oxime groups is 1. The summed E-state index contributed by atoms with van der Waals surface area (Å²) in [6, 6.07) is 0.